The van der Waals surface area contributed by atoms with Crippen LogP contribution in [0.2, 0.25) is 0 Å². The SMILES string of the molecule is CCC1C=C(C)C=C(NC(=O)N2CCS(=O)(=O)CC2)N1. The fraction of sp³-hybridized carbons (Fsp3) is 0.615. The van der Waals surface area contributed by atoms with Crippen molar-refractivity contribution in [1.82, 2.24) is 15.5 Å². The molecule has 0 aromatic heterocycles. The smallest absolute Gasteiger partial charge is 0.323 e. The number of dihydropyridines is 1. The van der Waals surface area contributed by atoms with E-state index >= 15 is 0 Å². The minimum absolute atomic E-state index is 0.0451. The Hall–Kier alpha value is -1.50. The zero-order valence-corrected chi connectivity index (χ0v) is 12.7. The van der Waals surface area contributed by atoms with Gasteiger partial charge in [-0.15, -0.1) is 0 Å². The predicted octanol–water partition coefficient (Wildman–Crippen LogP) is 0.596. The monoisotopic (exact) mass is 299 g/mol. The van der Waals surface area contributed by atoms with E-state index in [0.29, 0.717) is 5.82 Å². The maximum Gasteiger partial charge on any atom is 0.323 e. The van der Waals surface area contributed by atoms with Crippen molar-refractivity contribution < 1.29 is 13.2 Å². The van der Waals surface area contributed by atoms with Gasteiger partial charge in [0.1, 0.15) is 5.82 Å². The molecule has 20 heavy (non-hydrogen) atoms. The number of amides is 2. The Kier molecular flexibility index (Phi) is 4.37. The van der Waals surface area contributed by atoms with E-state index in [0.717, 1.165) is 12.0 Å². The lowest BCUT2D eigenvalue weighted by molar-refractivity contribution is 0.204. The predicted molar refractivity (Wildman–Crippen MR) is 77.8 cm³/mol. The van der Waals surface area contributed by atoms with Crippen molar-refractivity contribution in [3.63, 3.8) is 0 Å². The Morgan fingerprint density at radius 3 is 2.70 bits per heavy atom. The highest BCUT2D eigenvalue weighted by atomic mass is 32.2. The van der Waals surface area contributed by atoms with Crippen molar-refractivity contribution in [3.8, 4) is 0 Å². The molecule has 0 aromatic rings. The number of carbonyl (C=O) groups is 1. The summed E-state index contributed by atoms with van der Waals surface area (Å²) in [6.07, 6.45) is 4.93. The Balaban J connectivity index is 1.94. The van der Waals surface area contributed by atoms with Crippen LogP contribution in [0.4, 0.5) is 4.79 Å². The standard InChI is InChI=1S/C13H21N3O3S/c1-3-11-8-10(2)9-12(14-11)15-13(17)16-4-6-20(18,19)7-5-16/h8-9,11,14H,3-7H2,1-2H3,(H,15,17). The zero-order chi connectivity index (χ0) is 14.8. The number of nitrogens with one attached hydrogen (secondary N) is 2. The Morgan fingerprint density at radius 2 is 2.10 bits per heavy atom. The van der Waals surface area contributed by atoms with Gasteiger partial charge in [-0.25, -0.2) is 13.2 Å². The largest absolute Gasteiger partial charge is 0.365 e. The van der Waals surface area contributed by atoms with Gasteiger partial charge in [-0.3, -0.25) is 5.32 Å². The molecule has 2 N–H and O–H groups in total. The third-order valence-corrected chi connectivity index (χ3v) is 5.10. The lowest BCUT2D eigenvalue weighted by Crippen LogP contribution is -2.50. The molecule has 1 fully saturated rings. The fourth-order valence-electron chi connectivity index (χ4n) is 2.28. The third-order valence-electron chi connectivity index (χ3n) is 3.49. The van der Waals surface area contributed by atoms with Gasteiger partial charge >= 0.3 is 6.03 Å². The summed E-state index contributed by atoms with van der Waals surface area (Å²) in [7, 11) is -2.96. The summed E-state index contributed by atoms with van der Waals surface area (Å²) in [6, 6.07) is -0.0276. The highest BCUT2D eigenvalue weighted by Gasteiger charge is 2.25. The molecule has 2 aliphatic heterocycles. The summed E-state index contributed by atoms with van der Waals surface area (Å²) in [5.41, 5.74) is 1.10. The van der Waals surface area contributed by atoms with E-state index in [4.69, 9.17) is 0 Å². The van der Waals surface area contributed by atoms with E-state index in [-0.39, 0.29) is 36.7 Å². The summed E-state index contributed by atoms with van der Waals surface area (Å²) >= 11 is 0. The minimum Gasteiger partial charge on any atom is -0.365 e. The summed E-state index contributed by atoms with van der Waals surface area (Å²) in [5, 5.41) is 6.04. The second-order valence-corrected chi connectivity index (χ2v) is 7.50. The minimum atomic E-state index is -2.96. The molecule has 0 radical (unpaired) electrons. The van der Waals surface area contributed by atoms with Crippen molar-refractivity contribution in [2.75, 3.05) is 24.6 Å². The van der Waals surface area contributed by atoms with E-state index in [9.17, 15) is 13.2 Å². The third kappa shape index (κ3) is 3.75. The number of nitrogens with zero attached hydrogens (tertiary/aromatic N) is 1. The highest BCUT2D eigenvalue weighted by molar-refractivity contribution is 7.91. The van der Waals surface area contributed by atoms with Crippen LogP contribution in [0, 0.1) is 0 Å². The van der Waals surface area contributed by atoms with Crippen molar-refractivity contribution >= 4 is 15.9 Å². The van der Waals surface area contributed by atoms with Crippen molar-refractivity contribution in [2.24, 2.45) is 0 Å². The maximum atomic E-state index is 12.1. The molecule has 1 saturated heterocycles. The molecule has 6 nitrogen and oxygen atoms in total. The van der Waals surface area contributed by atoms with Crippen LogP contribution >= 0.6 is 0 Å². The van der Waals surface area contributed by atoms with Crippen LogP contribution in [0.5, 0.6) is 0 Å². The molecule has 2 rings (SSSR count). The maximum absolute atomic E-state index is 12.1. The summed E-state index contributed by atoms with van der Waals surface area (Å²) in [6.45, 7) is 4.58. The van der Waals surface area contributed by atoms with Gasteiger partial charge in [-0.05, 0) is 25.0 Å². The van der Waals surface area contributed by atoms with Gasteiger partial charge in [0.25, 0.3) is 0 Å². The summed E-state index contributed by atoms with van der Waals surface area (Å²) in [5.74, 6) is 0.766. The van der Waals surface area contributed by atoms with Crippen molar-refractivity contribution in [1.29, 1.82) is 0 Å². The van der Waals surface area contributed by atoms with Gasteiger partial charge in [0, 0.05) is 19.1 Å². The first-order valence-electron chi connectivity index (χ1n) is 6.82. The van der Waals surface area contributed by atoms with Crippen LogP contribution in [-0.4, -0.2) is 50.0 Å². The molecule has 112 valence electrons. The Bertz CT molecular complexity index is 537. The Morgan fingerprint density at radius 1 is 1.45 bits per heavy atom. The number of allylic oxidation sites excluding steroid dienone is 2. The normalized spacial score (nSPS) is 25.3. The molecule has 2 aliphatic rings. The first-order chi connectivity index (χ1) is 9.39. The molecule has 0 spiro atoms. The number of sulfone groups is 1. The first kappa shape index (κ1) is 14.9. The quantitative estimate of drug-likeness (QED) is 0.782. The number of rotatable bonds is 2. The molecule has 0 aromatic carbocycles. The van der Waals surface area contributed by atoms with Gasteiger partial charge in [-0.2, -0.15) is 0 Å². The van der Waals surface area contributed by atoms with E-state index < -0.39 is 9.84 Å². The molecule has 0 saturated carbocycles. The second-order valence-electron chi connectivity index (χ2n) is 5.20. The van der Waals surface area contributed by atoms with Crippen molar-refractivity contribution in [2.45, 2.75) is 26.3 Å². The van der Waals surface area contributed by atoms with Crippen molar-refractivity contribution in [3.05, 3.63) is 23.5 Å². The Labute approximate surface area is 119 Å². The lowest BCUT2D eigenvalue weighted by atomic mass is 10.1. The van der Waals surface area contributed by atoms with E-state index in [1.165, 1.54) is 4.90 Å². The first-order valence-corrected chi connectivity index (χ1v) is 8.65. The van der Waals surface area contributed by atoms with Gasteiger partial charge < -0.3 is 10.2 Å². The molecule has 1 unspecified atom stereocenters. The molecule has 7 heteroatoms. The molecule has 2 heterocycles. The molecule has 0 bridgehead atoms. The topological polar surface area (TPSA) is 78.5 Å². The average molecular weight is 299 g/mol. The van der Waals surface area contributed by atoms with Crippen LogP contribution in [0.1, 0.15) is 20.3 Å². The zero-order valence-electron chi connectivity index (χ0n) is 11.8. The highest BCUT2D eigenvalue weighted by Crippen LogP contribution is 2.11. The molecular weight excluding hydrogens is 278 g/mol. The van der Waals surface area contributed by atoms with E-state index in [2.05, 4.69) is 23.6 Å². The van der Waals surface area contributed by atoms with Crippen LogP contribution in [0.3, 0.4) is 0 Å². The average Bonchev–Trinajstić information content (AvgIpc) is 2.37. The van der Waals surface area contributed by atoms with Gasteiger partial charge in [0.15, 0.2) is 9.84 Å². The van der Waals surface area contributed by atoms with E-state index in [1.54, 1.807) is 0 Å². The van der Waals surface area contributed by atoms with Crippen LogP contribution in [-0.2, 0) is 9.84 Å². The summed E-state index contributed by atoms with van der Waals surface area (Å²) in [4.78, 5) is 13.6. The van der Waals surface area contributed by atoms with Crippen LogP contribution in [0.25, 0.3) is 0 Å². The van der Waals surface area contributed by atoms with Crippen LogP contribution in [0.15, 0.2) is 23.5 Å². The number of urea groups is 1. The second kappa shape index (κ2) is 5.87. The molecular formula is C13H21N3O3S. The van der Waals surface area contributed by atoms with Gasteiger partial charge in [0.05, 0.1) is 11.5 Å². The van der Waals surface area contributed by atoms with Gasteiger partial charge in [-0.1, -0.05) is 13.0 Å². The molecule has 2 amide bonds. The fourth-order valence-corrected chi connectivity index (χ4v) is 3.48. The molecule has 0 aliphatic carbocycles. The number of carbonyl (C=O) groups excluding carboxylic acids is 1. The van der Waals surface area contributed by atoms with Gasteiger partial charge in [0.2, 0.25) is 0 Å². The summed E-state index contributed by atoms with van der Waals surface area (Å²) < 4.78 is 22.7. The van der Waals surface area contributed by atoms with Crippen LogP contribution < -0.4 is 10.6 Å². The van der Waals surface area contributed by atoms with E-state index in [1.807, 2.05) is 13.0 Å². The number of hydrogen-bond acceptors (Lipinski definition) is 4. The lowest BCUT2D eigenvalue weighted by Gasteiger charge is -2.29. The molecule has 1 atom stereocenters. The number of hydrogen-bond donors (Lipinski definition) is 2.